The zero-order valence-corrected chi connectivity index (χ0v) is 15.0. The van der Waals surface area contributed by atoms with E-state index in [1.165, 1.54) is 10.4 Å². The molecule has 0 radical (unpaired) electrons. The summed E-state index contributed by atoms with van der Waals surface area (Å²) in [6.07, 6.45) is 1.69. The van der Waals surface area contributed by atoms with Gasteiger partial charge in [-0.2, -0.15) is 0 Å². The molecule has 2 aromatic carbocycles. The quantitative estimate of drug-likeness (QED) is 0.861. The molecule has 1 atom stereocenters. The Balaban J connectivity index is 2.15. The first-order chi connectivity index (χ1) is 11.1. The molecule has 0 saturated carbocycles. The predicted octanol–water partition coefficient (Wildman–Crippen LogP) is 2.72. The van der Waals surface area contributed by atoms with Crippen LogP contribution in [-0.2, 0) is 4.79 Å². The molecule has 1 aliphatic rings. The molecule has 1 saturated heterocycles. The first kappa shape index (κ1) is 16.0. The molecule has 1 amide bonds. The Morgan fingerprint density at radius 3 is 2.00 bits per heavy atom. The molecule has 2 nitrogen and oxygen atoms in total. The Bertz CT molecular complexity index is 614. The number of hydrogen-bond donors (Lipinski definition) is 1. The van der Waals surface area contributed by atoms with Crippen molar-refractivity contribution in [2.45, 2.75) is 38.4 Å². The first-order valence-corrected chi connectivity index (χ1v) is 10.8. The molecule has 1 N–H and O–H groups in total. The lowest BCUT2D eigenvalue weighted by atomic mass is 10.1. The minimum atomic E-state index is -2.00. The highest BCUT2D eigenvalue weighted by atomic mass is 28.3. The molecule has 3 rings (SSSR count). The first-order valence-electron chi connectivity index (χ1n) is 8.53. The van der Waals surface area contributed by atoms with Crippen molar-refractivity contribution in [2.24, 2.45) is 5.92 Å². The van der Waals surface area contributed by atoms with Gasteiger partial charge in [0.25, 0.3) is 0 Å². The van der Waals surface area contributed by atoms with Crippen molar-refractivity contribution in [3.05, 3.63) is 60.7 Å². The lowest BCUT2D eigenvalue weighted by Crippen LogP contribution is -2.73. The minimum Gasteiger partial charge on any atom is -0.355 e. The Labute approximate surface area is 139 Å². The number of amides is 1. The van der Waals surface area contributed by atoms with Crippen LogP contribution in [0.5, 0.6) is 0 Å². The third-order valence-electron chi connectivity index (χ3n) is 4.96. The van der Waals surface area contributed by atoms with Crippen molar-refractivity contribution >= 4 is 24.4 Å². The maximum atomic E-state index is 12.1. The summed E-state index contributed by atoms with van der Waals surface area (Å²) in [6.45, 7) is 4.49. The van der Waals surface area contributed by atoms with Crippen LogP contribution in [0.3, 0.4) is 0 Å². The van der Waals surface area contributed by atoms with Crippen LogP contribution in [0, 0.1) is 5.92 Å². The second-order valence-corrected chi connectivity index (χ2v) is 11.2. The molecule has 0 aliphatic carbocycles. The van der Waals surface area contributed by atoms with Crippen molar-refractivity contribution in [2.75, 3.05) is 0 Å². The van der Waals surface area contributed by atoms with Crippen LogP contribution in [0.15, 0.2) is 60.7 Å². The van der Waals surface area contributed by atoms with E-state index >= 15 is 0 Å². The van der Waals surface area contributed by atoms with Crippen LogP contribution < -0.4 is 15.7 Å². The van der Waals surface area contributed by atoms with Gasteiger partial charge in [0.15, 0.2) is 0 Å². The highest BCUT2D eigenvalue weighted by molar-refractivity contribution is 7.03. The van der Waals surface area contributed by atoms with Crippen LogP contribution >= 0.6 is 0 Å². The molecule has 0 spiro atoms. The largest absolute Gasteiger partial charge is 0.355 e. The van der Waals surface area contributed by atoms with E-state index in [-0.39, 0.29) is 11.6 Å². The van der Waals surface area contributed by atoms with Crippen LogP contribution in [0.2, 0.25) is 6.04 Å². The van der Waals surface area contributed by atoms with Crippen LogP contribution in [-0.4, -0.2) is 19.6 Å². The highest BCUT2D eigenvalue weighted by Gasteiger charge is 2.48. The summed E-state index contributed by atoms with van der Waals surface area (Å²) in [5.41, 5.74) is 0.272. The van der Waals surface area contributed by atoms with Gasteiger partial charge in [-0.1, -0.05) is 84.9 Å². The van der Waals surface area contributed by atoms with Gasteiger partial charge in [-0.05, 0) is 18.4 Å². The minimum absolute atomic E-state index is 0.214. The Hall–Kier alpha value is -1.87. The van der Waals surface area contributed by atoms with E-state index in [4.69, 9.17) is 0 Å². The number of carbonyl (C=O) groups excluding carboxylic acids is 1. The van der Waals surface area contributed by atoms with Crippen molar-refractivity contribution in [1.82, 2.24) is 5.32 Å². The number of benzene rings is 2. The zero-order valence-electron chi connectivity index (χ0n) is 14.0. The van der Waals surface area contributed by atoms with Gasteiger partial charge in [0.05, 0.1) is 0 Å². The summed E-state index contributed by atoms with van der Waals surface area (Å²) >= 11 is 0. The van der Waals surface area contributed by atoms with Crippen molar-refractivity contribution in [3.63, 3.8) is 0 Å². The average molecular weight is 324 g/mol. The summed E-state index contributed by atoms with van der Waals surface area (Å²) in [5.74, 6) is 0.781. The van der Waals surface area contributed by atoms with E-state index in [0.717, 1.165) is 12.5 Å². The third-order valence-corrected chi connectivity index (χ3v) is 10.3. The summed E-state index contributed by atoms with van der Waals surface area (Å²) in [5, 5.41) is 6.24. The Kier molecular flexibility index (Phi) is 4.67. The molecule has 0 bridgehead atoms. The number of carbonyl (C=O) groups is 1. The molecule has 1 heterocycles. The van der Waals surface area contributed by atoms with Crippen molar-refractivity contribution in [3.8, 4) is 0 Å². The molecule has 1 fully saturated rings. The summed E-state index contributed by atoms with van der Waals surface area (Å²) < 4.78 is 0. The molecule has 2 aromatic rings. The number of hydrogen-bond acceptors (Lipinski definition) is 1. The molecule has 23 heavy (non-hydrogen) atoms. The molecule has 1 aliphatic heterocycles. The fourth-order valence-corrected chi connectivity index (χ4v) is 9.48. The second-order valence-electron chi connectivity index (χ2n) is 6.95. The second kappa shape index (κ2) is 6.71. The van der Waals surface area contributed by atoms with Gasteiger partial charge in [-0.25, -0.2) is 0 Å². The van der Waals surface area contributed by atoms with E-state index in [1.54, 1.807) is 0 Å². The molecular weight excluding hydrogens is 298 g/mol. The molecular formula is C20H25NOSi. The smallest absolute Gasteiger partial charge is 0.219 e. The van der Waals surface area contributed by atoms with Crippen molar-refractivity contribution in [1.29, 1.82) is 0 Å². The summed E-state index contributed by atoms with van der Waals surface area (Å²) in [6, 6.07) is 22.8. The highest BCUT2D eigenvalue weighted by Crippen LogP contribution is 2.26. The average Bonchev–Trinajstić information content (AvgIpc) is 2.56. The van der Waals surface area contributed by atoms with Gasteiger partial charge in [-0.15, -0.1) is 0 Å². The van der Waals surface area contributed by atoms with Gasteiger partial charge >= 0.3 is 0 Å². The summed E-state index contributed by atoms with van der Waals surface area (Å²) in [4.78, 5) is 12.1. The van der Waals surface area contributed by atoms with E-state index in [1.807, 2.05) is 0 Å². The Morgan fingerprint density at radius 1 is 1.00 bits per heavy atom. The standard InChI is InChI=1S/C20H25NOSi/c1-16(2)15-20-21-19(22)13-14-23(20,17-9-5-3-6-10-17)18-11-7-4-8-12-18/h3-12,16,20H,13-15H2,1-2H3,(H,21,22)/t20-/m1/s1. The molecule has 120 valence electrons. The maximum absolute atomic E-state index is 12.1. The van der Waals surface area contributed by atoms with Crippen LogP contribution in [0.4, 0.5) is 0 Å². The van der Waals surface area contributed by atoms with Crippen LogP contribution in [0.25, 0.3) is 0 Å². The SMILES string of the molecule is CC(C)C[C@@H]1NC(=O)CC[Si]1(c1ccccc1)c1ccccc1. The molecule has 3 heteroatoms. The van der Waals surface area contributed by atoms with Crippen LogP contribution in [0.1, 0.15) is 26.7 Å². The zero-order chi connectivity index (χ0) is 16.3. The van der Waals surface area contributed by atoms with E-state index in [2.05, 4.69) is 79.8 Å². The number of rotatable bonds is 4. The fourth-order valence-electron chi connectivity index (χ4n) is 3.93. The van der Waals surface area contributed by atoms with Gasteiger partial charge in [0.2, 0.25) is 5.91 Å². The number of nitrogens with one attached hydrogen (secondary N) is 1. The maximum Gasteiger partial charge on any atom is 0.219 e. The fraction of sp³-hybridized carbons (Fsp3) is 0.350. The van der Waals surface area contributed by atoms with Gasteiger partial charge < -0.3 is 5.32 Å². The topological polar surface area (TPSA) is 29.1 Å². The monoisotopic (exact) mass is 323 g/mol. The molecule has 0 unspecified atom stereocenters. The normalized spacial score (nSPS) is 20.3. The lowest BCUT2D eigenvalue weighted by Gasteiger charge is -2.44. The van der Waals surface area contributed by atoms with Gasteiger partial charge in [-0.3, -0.25) is 4.79 Å². The van der Waals surface area contributed by atoms with Crippen molar-refractivity contribution < 1.29 is 4.79 Å². The predicted molar refractivity (Wildman–Crippen MR) is 98.7 cm³/mol. The van der Waals surface area contributed by atoms with E-state index < -0.39 is 8.07 Å². The third kappa shape index (κ3) is 3.11. The summed E-state index contributed by atoms with van der Waals surface area (Å²) in [7, 11) is -2.00. The van der Waals surface area contributed by atoms with Gasteiger partial charge in [0.1, 0.15) is 8.07 Å². The van der Waals surface area contributed by atoms with E-state index in [9.17, 15) is 4.79 Å². The van der Waals surface area contributed by atoms with E-state index in [0.29, 0.717) is 12.3 Å². The lowest BCUT2D eigenvalue weighted by molar-refractivity contribution is -0.121. The molecule has 0 aromatic heterocycles. The van der Waals surface area contributed by atoms with Gasteiger partial charge in [0, 0.05) is 12.1 Å². The Morgan fingerprint density at radius 2 is 1.52 bits per heavy atom.